The molecule has 2 heteroatoms. The second kappa shape index (κ2) is 4.63. The molecule has 2 rings (SSSR count). The number of piperidine rings is 1. The van der Waals surface area contributed by atoms with E-state index in [4.69, 9.17) is 5.73 Å². The number of hydrogen-bond acceptors (Lipinski definition) is 2. The van der Waals surface area contributed by atoms with Crippen LogP contribution in [0.3, 0.4) is 0 Å². The van der Waals surface area contributed by atoms with E-state index in [1.54, 1.807) is 0 Å². The minimum absolute atomic E-state index is 0.447. The normalized spacial score (nSPS) is 41.1. The van der Waals surface area contributed by atoms with Gasteiger partial charge in [0.2, 0.25) is 0 Å². The summed E-state index contributed by atoms with van der Waals surface area (Å²) in [6, 6.07) is 1.31. The average molecular weight is 196 g/mol. The SMILES string of the molecule is CC1CCC(N2CCC[C@@H](N)C2)CC1. The van der Waals surface area contributed by atoms with E-state index in [1.807, 2.05) is 0 Å². The first-order chi connectivity index (χ1) is 6.75. The van der Waals surface area contributed by atoms with Gasteiger partial charge in [0.1, 0.15) is 0 Å². The van der Waals surface area contributed by atoms with Gasteiger partial charge in [0.15, 0.2) is 0 Å². The standard InChI is InChI=1S/C12H24N2/c1-10-4-6-12(7-5-10)14-8-2-3-11(13)9-14/h10-12H,2-9,13H2,1H3/t10?,11-,12?/m1/s1. The van der Waals surface area contributed by atoms with Gasteiger partial charge in [0.25, 0.3) is 0 Å². The van der Waals surface area contributed by atoms with Gasteiger partial charge in [-0.25, -0.2) is 0 Å². The summed E-state index contributed by atoms with van der Waals surface area (Å²) in [6.07, 6.45) is 8.22. The zero-order valence-corrected chi connectivity index (χ0v) is 9.41. The van der Waals surface area contributed by atoms with Gasteiger partial charge in [0, 0.05) is 18.6 Å². The lowest BCUT2D eigenvalue weighted by atomic mass is 9.86. The van der Waals surface area contributed by atoms with Crippen molar-refractivity contribution in [3.63, 3.8) is 0 Å². The van der Waals surface area contributed by atoms with Crippen LogP contribution in [0, 0.1) is 5.92 Å². The predicted molar refractivity (Wildman–Crippen MR) is 60.2 cm³/mol. The molecule has 0 spiro atoms. The lowest BCUT2D eigenvalue weighted by Gasteiger charge is -2.40. The molecule has 0 aromatic heterocycles. The first kappa shape index (κ1) is 10.4. The van der Waals surface area contributed by atoms with Crippen LogP contribution in [0.5, 0.6) is 0 Å². The topological polar surface area (TPSA) is 29.3 Å². The molecule has 1 aliphatic carbocycles. The lowest BCUT2D eigenvalue weighted by molar-refractivity contribution is 0.108. The van der Waals surface area contributed by atoms with Crippen LogP contribution < -0.4 is 5.73 Å². The van der Waals surface area contributed by atoms with Crippen molar-refractivity contribution in [3.05, 3.63) is 0 Å². The Labute approximate surface area is 87.8 Å². The van der Waals surface area contributed by atoms with Gasteiger partial charge in [-0.3, -0.25) is 4.90 Å². The van der Waals surface area contributed by atoms with Crippen LogP contribution in [0.4, 0.5) is 0 Å². The molecule has 1 heterocycles. The molecule has 1 aliphatic heterocycles. The first-order valence-electron chi connectivity index (χ1n) is 6.25. The third-order valence-electron chi connectivity index (χ3n) is 3.99. The number of hydrogen-bond donors (Lipinski definition) is 1. The van der Waals surface area contributed by atoms with Crippen molar-refractivity contribution in [2.75, 3.05) is 13.1 Å². The maximum Gasteiger partial charge on any atom is 0.0168 e. The van der Waals surface area contributed by atoms with E-state index in [0.717, 1.165) is 18.5 Å². The first-order valence-corrected chi connectivity index (χ1v) is 6.25. The third-order valence-corrected chi connectivity index (χ3v) is 3.99. The molecule has 1 saturated carbocycles. The highest BCUT2D eigenvalue weighted by atomic mass is 15.2. The fraction of sp³-hybridized carbons (Fsp3) is 1.00. The molecule has 14 heavy (non-hydrogen) atoms. The maximum absolute atomic E-state index is 6.02. The molecular formula is C12H24N2. The molecule has 0 aromatic rings. The Morgan fingerprint density at radius 2 is 1.79 bits per heavy atom. The summed E-state index contributed by atoms with van der Waals surface area (Å²) in [6.45, 7) is 4.84. The van der Waals surface area contributed by atoms with Crippen molar-refractivity contribution in [3.8, 4) is 0 Å². The van der Waals surface area contributed by atoms with E-state index >= 15 is 0 Å². The Hall–Kier alpha value is -0.0800. The van der Waals surface area contributed by atoms with Gasteiger partial charge in [-0.2, -0.15) is 0 Å². The van der Waals surface area contributed by atoms with Gasteiger partial charge >= 0.3 is 0 Å². The van der Waals surface area contributed by atoms with Gasteiger partial charge in [0.05, 0.1) is 0 Å². The van der Waals surface area contributed by atoms with Crippen molar-refractivity contribution in [2.45, 2.75) is 57.5 Å². The van der Waals surface area contributed by atoms with Crippen LogP contribution in [-0.4, -0.2) is 30.1 Å². The number of likely N-dealkylation sites (tertiary alicyclic amines) is 1. The fourth-order valence-corrected chi connectivity index (χ4v) is 2.98. The molecule has 0 radical (unpaired) electrons. The minimum atomic E-state index is 0.447. The smallest absolute Gasteiger partial charge is 0.0168 e. The van der Waals surface area contributed by atoms with Crippen LogP contribution in [0.2, 0.25) is 0 Å². The van der Waals surface area contributed by atoms with Crippen molar-refractivity contribution in [1.29, 1.82) is 0 Å². The molecule has 0 bridgehead atoms. The Balaban J connectivity index is 1.82. The highest BCUT2D eigenvalue weighted by Crippen LogP contribution is 2.28. The lowest BCUT2D eigenvalue weighted by Crippen LogP contribution is -2.48. The van der Waals surface area contributed by atoms with Crippen LogP contribution in [0.15, 0.2) is 0 Å². The van der Waals surface area contributed by atoms with E-state index in [9.17, 15) is 0 Å². The Kier molecular flexibility index (Phi) is 3.45. The molecule has 82 valence electrons. The van der Waals surface area contributed by atoms with Crippen molar-refractivity contribution in [1.82, 2.24) is 4.90 Å². The van der Waals surface area contributed by atoms with Crippen LogP contribution in [0.1, 0.15) is 45.4 Å². The molecule has 0 unspecified atom stereocenters. The van der Waals surface area contributed by atoms with E-state index in [0.29, 0.717) is 6.04 Å². The molecule has 1 atom stereocenters. The maximum atomic E-state index is 6.02. The second-order valence-corrected chi connectivity index (χ2v) is 5.31. The number of nitrogens with zero attached hydrogens (tertiary/aromatic N) is 1. The van der Waals surface area contributed by atoms with Gasteiger partial charge in [-0.05, 0) is 51.0 Å². The average Bonchev–Trinajstić information content (AvgIpc) is 2.19. The van der Waals surface area contributed by atoms with Crippen molar-refractivity contribution >= 4 is 0 Å². The van der Waals surface area contributed by atoms with Crippen LogP contribution in [0.25, 0.3) is 0 Å². The largest absolute Gasteiger partial charge is 0.327 e. The quantitative estimate of drug-likeness (QED) is 0.695. The molecule has 0 aromatic carbocycles. The van der Waals surface area contributed by atoms with E-state index in [-0.39, 0.29) is 0 Å². The Morgan fingerprint density at radius 3 is 2.43 bits per heavy atom. The summed E-state index contributed by atoms with van der Waals surface area (Å²) < 4.78 is 0. The van der Waals surface area contributed by atoms with E-state index < -0.39 is 0 Å². The van der Waals surface area contributed by atoms with Gasteiger partial charge in [-0.1, -0.05) is 6.92 Å². The minimum Gasteiger partial charge on any atom is -0.327 e. The highest BCUT2D eigenvalue weighted by Gasteiger charge is 2.26. The summed E-state index contributed by atoms with van der Waals surface area (Å²) in [4.78, 5) is 2.65. The van der Waals surface area contributed by atoms with Crippen molar-refractivity contribution in [2.24, 2.45) is 11.7 Å². The molecule has 1 saturated heterocycles. The molecule has 2 fully saturated rings. The second-order valence-electron chi connectivity index (χ2n) is 5.31. The van der Waals surface area contributed by atoms with E-state index in [1.165, 1.54) is 45.1 Å². The monoisotopic (exact) mass is 196 g/mol. The molecular weight excluding hydrogens is 172 g/mol. The Morgan fingerprint density at radius 1 is 1.07 bits per heavy atom. The number of nitrogens with two attached hydrogens (primary N) is 1. The van der Waals surface area contributed by atoms with Crippen LogP contribution in [-0.2, 0) is 0 Å². The molecule has 0 amide bonds. The summed E-state index contributed by atoms with van der Waals surface area (Å²) in [5.74, 6) is 0.963. The molecule has 2 nitrogen and oxygen atoms in total. The van der Waals surface area contributed by atoms with Gasteiger partial charge in [-0.15, -0.1) is 0 Å². The summed E-state index contributed by atoms with van der Waals surface area (Å²) >= 11 is 0. The molecule has 2 N–H and O–H groups in total. The zero-order valence-electron chi connectivity index (χ0n) is 9.41. The van der Waals surface area contributed by atoms with E-state index in [2.05, 4.69) is 11.8 Å². The van der Waals surface area contributed by atoms with Gasteiger partial charge < -0.3 is 5.73 Å². The zero-order chi connectivity index (χ0) is 9.97. The Bertz CT molecular complexity index is 173. The predicted octanol–water partition coefficient (Wildman–Crippen LogP) is 1.99. The third kappa shape index (κ3) is 2.48. The molecule has 2 aliphatic rings. The highest BCUT2D eigenvalue weighted by molar-refractivity contribution is 4.83. The van der Waals surface area contributed by atoms with Crippen molar-refractivity contribution < 1.29 is 0 Å². The summed E-state index contributed by atoms with van der Waals surface area (Å²) in [5.41, 5.74) is 6.02. The fourth-order valence-electron chi connectivity index (χ4n) is 2.98. The van der Waals surface area contributed by atoms with Crippen LogP contribution >= 0.6 is 0 Å². The summed E-state index contributed by atoms with van der Waals surface area (Å²) in [5, 5.41) is 0. The number of rotatable bonds is 1. The summed E-state index contributed by atoms with van der Waals surface area (Å²) in [7, 11) is 0.